The van der Waals surface area contributed by atoms with Gasteiger partial charge in [0.25, 0.3) is 0 Å². The molecule has 0 bridgehead atoms. The van der Waals surface area contributed by atoms with Crippen molar-refractivity contribution < 1.29 is 4.74 Å². The summed E-state index contributed by atoms with van der Waals surface area (Å²) in [4.78, 5) is 4.19. The van der Waals surface area contributed by atoms with Crippen LogP contribution in [0.5, 0.6) is 5.75 Å². The van der Waals surface area contributed by atoms with E-state index < -0.39 is 0 Å². The van der Waals surface area contributed by atoms with E-state index in [-0.39, 0.29) is 5.28 Å². The van der Waals surface area contributed by atoms with Gasteiger partial charge in [0.2, 0.25) is 5.28 Å². The second-order valence-corrected chi connectivity index (χ2v) is 4.47. The molecule has 1 aromatic heterocycles. The van der Waals surface area contributed by atoms with Crippen LogP contribution in [0.2, 0.25) is 5.28 Å². The molecule has 0 spiro atoms. The summed E-state index contributed by atoms with van der Waals surface area (Å²) in [6, 6.07) is 2.03. The van der Waals surface area contributed by atoms with E-state index in [0.29, 0.717) is 0 Å². The molecule has 0 saturated carbocycles. The van der Waals surface area contributed by atoms with Crippen molar-refractivity contribution in [2.24, 2.45) is 0 Å². The number of aromatic nitrogens is 3. The van der Waals surface area contributed by atoms with Gasteiger partial charge >= 0.3 is 0 Å². The number of hydrogen-bond acceptors (Lipinski definition) is 4. The monoisotopic (exact) mass is 263 g/mol. The number of halogens is 1. The lowest BCUT2D eigenvalue weighted by molar-refractivity contribution is 0.408. The SMILES string of the molecule is COc1c(C)cc(-c2cnnc(Cl)n2)c(C)c1C. The first-order valence-electron chi connectivity index (χ1n) is 5.55. The Bertz CT molecular complexity index is 599. The summed E-state index contributed by atoms with van der Waals surface area (Å²) in [5.74, 6) is 0.907. The van der Waals surface area contributed by atoms with Crippen molar-refractivity contribution in [2.75, 3.05) is 7.11 Å². The molecule has 0 unspecified atom stereocenters. The minimum atomic E-state index is 0.151. The Morgan fingerprint density at radius 3 is 2.50 bits per heavy atom. The van der Waals surface area contributed by atoms with Crippen molar-refractivity contribution in [3.8, 4) is 17.0 Å². The van der Waals surface area contributed by atoms with Crippen molar-refractivity contribution in [1.29, 1.82) is 0 Å². The highest BCUT2D eigenvalue weighted by Crippen LogP contribution is 2.33. The maximum atomic E-state index is 5.78. The van der Waals surface area contributed by atoms with Crippen LogP contribution in [0.15, 0.2) is 12.3 Å². The van der Waals surface area contributed by atoms with Crippen LogP contribution in [-0.4, -0.2) is 22.3 Å². The highest BCUT2D eigenvalue weighted by atomic mass is 35.5. The van der Waals surface area contributed by atoms with Gasteiger partial charge in [0.1, 0.15) is 5.75 Å². The van der Waals surface area contributed by atoms with Gasteiger partial charge in [-0.2, -0.15) is 5.10 Å². The van der Waals surface area contributed by atoms with Crippen LogP contribution >= 0.6 is 11.6 Å². The van der Waals surface area contributed by atoms with Crippen molar-refractivity contribution in [1.82, 2.24) is 15.2 Å². The van der Waals surface area contributed by atoms with E-state index in [2.05, 4.69) is 15.2 Å². The first kappa shape index (κ1) is 12.8. The van der Waals surface area contributed by atoms with Crippen LogP contribution in [0.4, 0.5) is 0 Å². The zero-order valence-electron chi connectivity index (χ0n) is 10.8. The van der Waals surface area contributed by atoms with Gasteiger partial charge in [-0.15, -0.1) is 5.10 Å². The van der Waals surface area contributed by atoms with Crippen LogP contribution in [0.25, 0.3) is 11.3 Å². The average Bonchev–Trinajstić information content (AvgIpc) is 2.34. The number of nitrogens with zero attached hydrogens (tertiary/aromatic N) is 3. The molecule has 0 N–H and O–H groups in total. The zero-order chi connectivity index (χ0) is 13.3. The lowest BCUT2D eigenvalue weighted by Gasteiger charge is -2.15. The predicted molar refractivity (Wildman–Crippen MR) is 71.0 cm³/mol. The first-order valence-corrected chi connectivity index (χ1v) is 5.92. The van der Waals surface area contributed by atoms with Crippen LogP contribution in [0.1, 0.15) is 16.7 Å². The number of benzene rings is 1. The number of aryl methyl sites for hydroxylation is 1. The van der Waals surface area contributed by atoms with E-state index in [0.717, 1.165) is 33.7 Å². The Hall–Kier alpha value is -1.68. The molecule has 2 rings (SSSR count). The fraction of sp³-hybridized carbons (Fsp3) is 0.308. The van der Waals surface area contributed by atoms with E-state index in [1.54, 1.807) is 13.3 Å². The molecule has 1 aromatic carbocycles. The van der Waals surface area contributed by atoms with Gasteiger partial charge in [0.05, 0.1) is 19.0 Å². The first-order chi connectivity index (χ1) is 8.54. The normalized spacial score (nSPS) is 10.5. The van der Waals surface area contributed by atoms with Crippen molar-refractivity contribution in [2.45, 2.75) is 20.8 Å². The largest absolute Gasteiger partial charge is 0.496 e. The average molecular weight is 264 g/mol. The highest BCUT2D eigenvalue weighted by molar-refractivity contribution is 6.28. The minimum Gasteiger partial charge on any atom is -0.496 e. The lowest BCUT2D eigenvalue weighted by atomic mass is 9.97. The van der Waals surface area contributed by atoms with Gasteiger partial charge in [-0.1, -0.05) is 0 Å². The van der Waals surface area contributed by atoms with Gasteiger partial charge in [-0.3, -0.25) is 0 Å². The van der Waals surface area contributed by atoms with Crippen LogP contribution in [0, 0.1) is 20.8 Å². The van der Waals surface area contributed by atoms with Gasteiger partial charge in [0, 0.05) is 5.56 Å². The fourth-order valence-electron chi connectivity index (χ4n) is 2.05. The fourth-order valence-corrected chi connectivity index (χ4v) is 2.18. The molecule has 2 aromatic rings. The van der Waals surface area contributed by atoms with Crippen LogP contribution < -0.4 is 4.74 Å². The molecule has 0 aliphatic heterocycles. The standard InChI is InChI=1S/C13H14ClN3O/c1-7-5-10(8(2)9(3)12(7)18-4)11-6-15-17-13(14)16-11/h5-6H,1-4H3. The Labute approximate surface area is 111 Å². The minimum absolute atomic E-state index is 0.151. The Kier molecular flexibility index (Phi) is 3.48. The molecule has 18 heavy (non-hydrogen) atoms. The molecule has 0 saturated heterocycles. The third kappa shape index (κ3) is 2.16. The van der Waals surface area contributed by atoms with Crippen LogP contribution in [0.3, 0.4) is 0 Å². The molecule has 0 fully saturated rings. The molecular formula is C13H14ClN3O. The molecule has 0 amide bonds. The number of ether oxygens (including phenoxy) is 1. The van der Waals surface area contributed by atoms with E-state index in [9.17, 15) is 0 Å². The predicted octanol–water partition coefficient (Wildman–Crippen LogP) is 3.13. The van der Waals surface area contributed by atoms with Crippen molar-refractivity contribution >= 4 is 11.6 Å². The third-order valence-corrected chi connectivity index (χ3v) is 3.20. The highest BCUT2D eigenvalue weighted by Gasteiger charge is 2.13. The maximum absolute atomic E-state index is 5.78. The van der Waals surface area contributed by atoms with E-state index in [4.69, 9.17) is 16.3 Å². The summed E-state index contributed by atoms with van der Waals surface area (Å²) in [7, 11) is 1.68. The third-order valence-electron chi connectivity index (χ3n) is 3.04. The van der Waals surface area contributed by atoms with Gasteiger partial charge in [-0.05, 0) is 55.1 Å². The molecule has 94 valence electrons. The quantitative estimate of drug-likeness (QED) is 0.835. The molecule has 0 radical (unpaired) electrons. The number of methoxy groups -OCH3 is 1. The van der Waals surface area contributed by atoms with Gasteiger partial charge in [-0.25, -0.2) is 4.98 Å². The van der Waals surface area contributed by atoms with Gasteiger partial charge in [0.15, 0.2) is 0 Å². The maximum Gasteiger partial charge on any atom is 0.243 e. The molecule has 5 heteroatoms. The second kappa shape index (κ2) is 4.90. The molecule has 1 heterocycles. The van der Waals surface area contributed by atoms with Crippen LogP contribution in [-0.2, 0) is 0 Å². The number of hydrogen-bond donors (Lipinski definition) is 0. The van der Waals surface area contributed by atoms with Crippen molar-refractivity contribution in [3.05, 3.63) is 34.2 Å². The lowest BCUT2D eigenvalue weighted by Crippen LogP contribution is -1.98. The second-order valence-electron chi connectivity index (χ2n) is 4.13. The summed E-state index contributed by atoms with van der Waals surface area (Å²) in [5, 5.41) is 7.63. The molecular weight excluding hydrogens is 250 g/mol. The smallest absolute Gasteiger partial charge is 0.243 e. The van der Waals surface area contributed by atoms with Crippen molar-refractivity contribution in [3.63, 3.8) is 0 Å². The summed E-state index contributed by atoms with van der Waals surface area (Å²) in [6.45, 7) is 6.06. The van der Waals surface area contributed by atoms with Gasteiger partial charge < -0.3 is 4.74 Å². The topological polar surface area (TPSA) is 47.9 Å². The Morgan fingerprint density at radius 2 is 1.89 bits per heavy atom. The van der Waals surface area contributed by atoms with E-state index in [1.807, 2.05) is 26.8 Å². The summed E-state index contributed by atoms with van der Waals surface area (Å²) in [5.41, 5.74) is 4.99. The molecule has 0 aliphatic carbocycles. The Morgan fingerprint density at radius 1 is 1.17 bits per heavy atom. The zero-order valence-corrected chi connectivity index (χ0v) is 11.5. The summed E-state index contributed by atoms with van der Waals surface area (Å²) < 4.78 is 5.40. The van der Waals surface area contributed by atoms with E-state index >= 15 is 0 Å². The Balaban J connectivity index is 2.66. The summed E-state index contributed by atoms with van der Waals surface area (Å²) >= 11 is 5.78. The molecule has 4 nitrogen and oxygen atoms in total. The molecule has 0 atom stereocenters. The molecule has 0 aliphatic rings. The van der Waals surface area contributed by atoms with E-state index in [1.165, 1.54) is 0 Å². The summed E-state index contributed by atoms with van der Waals surface area (Å²) in [6.07, 6.45) is 1.61. The number of rotatable bonds is 2.